The van der Waals surface area contributed by atoms with Crippen LogP contribution in [0.2, 0.25) is 0 Å². The van der Waals surface area contributed by atoms with Gasteiger partial charge in [0.15, 0.2) is 23.2 Å². The summed E-state index contributed by atoms with van der Waals surface area (Å²) in [6, 6.07) is 10.1. The van der Waals surface area contributed by atoms with E-state index in [0.717, 1.165) is 0 Å². The number of benzene rings is 1. The normalized spacial score (nSPS) is 23.7. The van der Waals surface area contributed by atoms with Gasteiger partial charge >= 0.3 is 13.4 Å². The summed E-state index contributed by atoms with van der Waals surface area (Å²) < 4.78 is 39.8. The average molecular weight is 683 g/mol. The number of anilines is 1. The highest BCUT2D eigenvalue weighted by molar-refractivity contribution is 7.53. The number of aromatic amines is 1. The predicted molar refractivity (Wildman–Crippen MR) is 175 cm³/mol. The molecule has 5 heterocycles. The number of carbonyl (C=O) groups is 1. The number of rotatable bonds is 10. The first-order valence-corrected chi connectivity index (χ1v) is 17.1. The van der Waals surface area contributed by atoms with Gasteiger partial charge in [0.2, 0.25) is 0 Å². The van der Waals surface area contributed by atoms with E-state index >= 15 is 0 Å². The number of likely N-dealkylation sites (N-methyl/N-ethyl adjacent to an activating group) is 1. The monoisotopic (exact) mass is 682 g/mol. The first kappa shape index (κ1) is 33.8. The number of nitrogens with zero attached hydrogens (tertiary/aromatic N) is 8. The Labute approximate surface area is 276 Å². The molecule has 1 amide bonds. The minimum atomic E-state index is -3.63. The minimum Gasteiger partial charge on any atom is -0.352 e. The molecule has 0 bridgehead atoms. The van der Waals surface area contributed by atoms with Crippen LogP contribution in [0, 0.1) is 0 Å². The third kappa shape index (κ3) is 7.03. The van der Waals surface area contributed by atoms with Crippen molar-refractivity contribution in [2.24, 2.45) is 0 Å². The molecule has 6 rings (SSSR count). The van der Waals surface area contributed by atoms with Crippen molar-refractivity contribution in [3.8, 4) is 0 Å². The molecule has 18 heteroatoms. The zero-order valence-corrected chi connectivity index (χ0v) is 28.0. The minimum absolute atomic E-state index is 0.00765. The molecule has 2 saturated heterocycles. The van der Waals surface area contributed by atoms with Crippen LogP contribution in [-0.4, -0.2) is 115 Å². The molecule has 1 aromatic carbocycles. The molecular weight excluding hydrogens is 643 g/mol. The van der Waals surface area contributed by atoms with Crippen LogP contribution in [0.15, 0.2) is 64.8 Å². The lowest BCUT2D eigenvalue weighted by Gasteiger charge is -2.43. The lowest BCUT2D eigenvalue weighted by Crippen LogP contribution is -2.49. The van der Waals surface area contributed by atoms with Gasteiger partial charge in [0.25, 0.3) is 11.5 Å². The topological polar surface area (TPSA) is 182 Å². The van der Waals surface area contributed by atoms with E-state index in [9.17, 15) is 18.9 Å². The zero-order valence-electron chi connectivity index (χ0n) is 27.1. The Bertz CT molecular complexity index is 1910. The molecule has 4 aromatic rings. The molecule has 2 fully saturated rings. The van der Waals surface area contributed by atoms with Crippen LogP contribution in [0.4, 0.5) is 5.82 Å². The number of H-pyrrole nitrogens is 1. The lowest BCUT2D eigenvalue weighted by atomic mass is 10.2. The van der Waals surface area contributed by atoms with E-state index < -0.39 is 37.5 Å². The third-order valence-electron chi connectivity index (χ3n) is 8.31. The van der Waals surface area contributed by atoms with Crippen molar-refractivity contribution in [2.75, 3.05) is 59.2 Å². The maximum atomic E-state index is 14.6. The van der Waals surface area contributed by atoms with Crippen LogP contribution in [-0.2, 0) is 18.6 Å². The third-order valence-corrected chi connectivity index (χ3v) is 10.8. The fraction of sp³-hybridized carbons (Fsp3) is 0.467. The Morgan fingerprint density at radius 3 is 2.50 bits per heavy atom. The molecule has 2 N–H and O–H groups in total. The zero-order chi connectivity index (χ0) is 34.0. The molecule has 256 valence electrons. The van der Waals surface area contributed by atoms with E-state index in [1.807, 2.05) is 20.0 Å². The Hall–Kier alpha value is -4.09. The van der Waals surface area contributed by atoms with Crippen LogP contribution in [0.1, 0.15) is 36.2 Å². The van der Waals surface area contributed by atoms with Gasteiger partial charge in [-0.3, -0.25) is 33.2 Å². The van der Waals surface area contributed by atoms with Crippen molar-refractivity contribution < 1.29 is 23.4 Å². The molecule has 0 spiro atoms. The largest absolute Gasteiger partial charge is 0.352 e. The molecule has 0 saturated carbocycles. The molecule has 3 aromatic heterocycles. The summed E-state index contributed by atoms with van der Waals surface area (Å²) in [5.41, 5.74) is 0.257. The quantitative estimate of drug-likeness (QED) is 0.231. The van der Waals surface area contributed by atoms with Crippen LogP contribution in [0.25, 0.3) is 11.2 Å². The van der Waals surface area contributed by atoms with Crippen molar-refractivity contribution in [3.05, 3.63) is 81.7 Å². The summed E-state index contributed by atoms with van der Waals surface area (Å²) in [5.74, 6) is -0.0363. The van der Waals surface area contributed by atoms with Gasteiger partial charge in [0.05, 0.1) is 31.7 Å². The SMILES string of the molecule is CC[C@@H]1CN([P@@](=O)(OC[C@@H]2CN(C)CC(n3cnc4c(NC(=O)c5ccccc5)ncnc43)O2)N(C)C)CC(n2ccc(=O)[nH]c2=O)O1. The van der Waals surface area contributed by atoms with Gasteiger partial charge in [0, 0.05) is 37.5 Å². The van der Waals surface area contributed by atoms with Gasteiger partial charge in [0.1, 0.15) is 12.6 Å². The smallest absolute Gasteiger partial charge is 0.345 e. The van der Waals surface area contributed by atoms with E-state index in [1.54, 1.807) is 58.6 Å². The fourth-order valence-corrected chi connectivity index (χ4v) is 7.83. The highest BCUT2D eigenvalue weighted by Gasteiger charge is 2.43. The van der Waals surface area contributed by atoms with Gasteiger partial charge < -0.3 is 19.3 Å². The molecule has 5 atom stereocenters. The van der Waals surface area contributed by atoms with Gasteiger partial charge in [-0.1, -0.05) is 25.1 Å². The molecule has 2 unspecified atom stereocenters. The van der Waals surface area contributed by atoms with Crippen LogP contribution < -0.4 is 16.6 Å². The number of fused-ring (bicyclic) bond motifs is 1. The number of aromatic nitrogens is 6. The Balaban J connectivity index is 1.18. The van der Waals surface area contributed by atoms with E-state index in [0.29, 0.717) is 42.8 Å². The molecular formula is C30H39N10O7P. The van der Waals surface area contributed by atoms with Crippen molar-refractivity contribution >= 4 is 30.6 Å². The highest BCUT2D eigenvalue weighted by Crippen LogP contribution is 2.54. The average Bonchev–Trinajstić information content (AvgIpc) is 3.52. The number of nitrogens with one attached hydrogen (secondary N) is 2. The summed E-state index contributed by atoms with van der Waals surface area (Å²) in [6.45, 7) is 3.39. The first-order valence-electron chi connectivity index (χ1n) is 15.6. The number of imidazole rings is 1. The summed E-state index contributed by atoms with van der Waals surface area (Å²) >= 11 is 0. The van der Waals surface area contributed by atoms with Crippen LogP contribution in [0.3, 0.4) is 0 Å². The molecule has 2 aliphatic heterocycles. The van der Waals surface area contributed by atoms with Gasteiger partial charge in [-0.05, 0) is 39.7 Å². The second kappa shape index (κ2) is 14.2. The van der Waals surface area contributed by atoms with E-state index in [2.05, 4.69) is 30.2 Å². The number of morpholine rings is 2. The van der Waals surface area contributed by atoms with Crippen molar-refractivity contribution in [3.63, 3.8) is 0 Å². The summed E-state index contributed by atoms with van der Waals surface area (Å²) in [6.07, 6.45) is 2.84. The predicted octanol–water partition coefficient (Wildman–Crippen LogP) is 1.75. The summed E-state index contributed by atoms with van der Waals surface area (Å²) in [5, 5.41) is 2.82. The van der Waals surface area contributed by atoms with Gasteiger partial charge in [-0.2, -0.15) is 0 Å². The van der Waals surface area contributed by atoms with Crippen molar-refractivity contribution in [2.45, 2.75) is 38.0 Å². The molecule has 48 heavy (non-hydrogen) atoms. The van der Waals surface area contributed by atoms with E-state index in [4.69, 9.17) is 14.0 Å². The number of hydrogen-bond donors (Lipinski definition) is 2. The standard InChI is InChI=1S/C30H39N10O7P/c1-5-21-14-38(16-25(46-21)39-12-11-23(41)34-30(39)43)48(44,36(2)3)45-17-22-13-37(4)15-24(47-22)40-19-33-26-27(31-18-32-28(26)40)35-29(42)20-9-7-6-8-10-20/h6-12,18-19,21-22,24-25H,5,13-17H2,1-4H3,(H,34,41,43)(H,31,32,35,42)/t21-,22+,24?,25?,48+/m1/s1. The molecule has 17 nitrogen and oxygen atoms in total. The Kier molecular flexibility index (Phi) is 9.98. The Morgan fingerprint density at radius 2 is 1.77 bits per heavy atom. The second-order valence-electron chi connectivity index (χ2n) is 11.9. The number of hydrogen-bond acceptors (Lipinski definition) is 11. The number of carbonyl (C=O) groups excluding carboxylic acids is 1. The molecule has 0 aliphatic carbocycles. The van der Waals surface area contributed by atoms with Crippen molar-refractivity contribution in [1.29, 1.82) is 0 Å². The Morgan fingerprint density at radius 1 is 1.02 bits per heavy atom. The maximum absolute atomic E-state index is 14.6. The highest BCUT2D eigenvalue weighted by atomic mass is 31.2. The molecule has 2 aliphatic rings. The maximum Gasteiger partial charge on any atom is 0.345 e. The van der Waals surface area contributed by atoms with E-state index in [-0.39, 0.29) is 31.0 Å². The second-order valence-corrected chi connectivity index (χ2v) is 14.5. The fourth-order valence-electron chi connectivity index (χ4n) is 5.83. The number of ether oxygens (including phenoxy) is 2. The van der Waals surface area contributed by atoms with Crippen molar-refractivity contribution in [1.82, 2.24) is 43.3 Å². The lowest BCUT2D eigenvalue weighted by molar-refractivity contribution is -0.128. The summed E-state index contributed by atoms with van der Waals surface area (Å²) in [7, 11) is 1.68. The summed E-state index contributed by atoms with van der Waals surface area (Å²) in [4.78, 5) is 54.5. The number of amides is 1. The van der Waals surface area contributed by atoms with Crippen LogP contribution in [0.5, 0.6) is 0 Å². The first-order chi connectivity index (χ1) is 23.0. The van der Waals surface area contributed by atoms with Crippen LogP contribution >= 0.6 is 7.67 Å². The van der Waals surface area contributed by atoms with Gasteiger partial charge in [-0.25, -0.2) is 29.1 Å². The molecule has 0 radical (unpaired) electrons. The van der Waals surface area contributed by atoms with Gasteiger partial charge in [-0.15, -0.1) is 0 Å². The van der Waals surface area contributed by atoms with E-state index in [1.165, 1.54) is 23.2 Å².